The van der Waals surface area contributed by atoms with Crippen LogP contribution in [0.2, 0.25) is 5.02 Å². The summed E-state index contributed by atoms with van der Waals surface area (Å²) in [5.74, 6) is -2.77. The summed E-state index contributed by atoms with van der Waals surface area (Å²) in [4.78, 5) is 10.6. The van der Waals surface area contributed by atoms with Gasteiger partial charge in [-0.05, 0) is 42.5 Å². The van der Waals surface area contributed by atoms with Gasteiger partial charge in [0.1, 0.15) is 11.4 Å². The van der Waals surface area contributed by atoms with Crippen LogP contribution in [0.5, 0.6) is 0 Å². The van der Waals surface area contributed by atoms with Crippen molar-refractivity contribution >= 4 is 60.0 Å². The second kappa shape index (κ2) is 8.63. The standard InChI is InChI=1S/C21H14ClFN2O7S2/c22-13-5-8-17(24-33(28,29)14-6-7-16(23)15(11-14)21(26)27)18(10-13)25-34(30,31)20-9-12-3-1-2-4-19(12)32-20/h1-11,24-25H,(H,26,27). The van der Waals surface area contributed by atoms with Crippen LogP contribution < -0.4 is 9.44 Å². The van der Waals surface area contributed by atoms with E-state index in [2.05, 4.69) is 9.44 Å². The predicted octanol–water partition coefficient (Wildman–Crippen LogP) is 4.53. The molecule has 0 unspecified atom stereocenters. The van der Waals surface area contributed by atoms with E-state index in [4.69, 9.17) is 21.1 Å². The fourth-order valence-corrected chi connectivity index (χ4v) is 5.33. The first kappa shape index (κ1) is 23.5. The smallest absolute Gasteiger partial charge is 0.338 e. The Hall–Kier alpha value is -3.61. The lowest BCUT2D eigenvalue weighted by molar-refractivity contribution is 0.0691. The number of carboxylic acids is 1. The maximum Gasteiger partial charge on any atom is 0.338 e. The Morgan fingerprint density at radius 3 is 2.29 bits per heavy atom. The van der Waals surface area contributed by atoms with E-state index in [0.29, 0.717) is 23.1 Å². The summed E-state index contributed by atoms with van der Waals surface area (Å²) in [6.07, 6.45) is 0. The minimum absolute atomic E-state index is 0.0974. The Morgan fingerprint density at radius 1 is 0.882 bits per heavy atom. The van der Waals surface area contributed by atoms with Crippen LogP contribution in [0.25, 0.3) is 11.0 Å². The van der Waals surface area contributed by atoms with Crippen molar-refractivity contribution in [3.63, 3.8) is 0 Å². The van der Waals surface area contributed by atoms with E-state index >= 15 is 0 Å². The Bertz CT molecular complexity index is 1620. The normalized spacial score (nSPS) is 11.9. The zero-order chi connectivity index (χ0) is 24.7. The monoisotopic (exact) mass is 524 g/mol. The Labute approximate surface area is 197 Å². The summed E-state index contributed by atoms with van der Waals surface area (Å²) < 4.78 is 74.9. The molecule has 3 aromatic carbocycles. The van der Waals surface area contributed by atoms with Gasteiger partial charge in [-0.25, -0.2) is 17.6 Å². The SMILES string of the molecule is O=C(O)c1cc(S(=O)(=O)Nc2ccc(Cl)cc2NS(=O)(=O)c2cc3ccccc3o2)ccc1F. The van der Waals surface area contributed by atoms with Crippen molar-refractivity contribution in [3.05, 3.63) is 83.1 Å². The Morgan fingerprint density at radius 2 is 1.59 bits per heavy atom. The molecule has 3 N–H and O–H groups in total. The number of fused-ring (bicyclic) bond motifs is 1. The number of carboxylic acid groups (broad SMARTS) is 1. The highest BCUT2D eigenvalue weighted by Gasteiger charge is 2.24. The molecule has 0 atom stereocenters. The number of aromatic carboxylic acids is 1. The number of nitrogens with one attached hydrogen (secondary N) is 2. The first-order valence-corrected chi connectivity index (χ1v) is 12.7. The molecule has 0 amide bonds. The number of para-hydroxylation sites is 1. The highest BCUT2D eigenvalue weighted by atomic mass is 35.5. The third-order valence-corrected chi connectivity index (χ3v) is 7.43. The predicted molar refractivity (Wildman–Crippen MR) is 123 cm³/mol. The maximum absolute atomic E-state index is 13.7. The zero-order valence-corrected chi connectivity index (χ0v) is 19.2. The van der Waals surface area contributed by atoms with Gasteiger partial charge in [0, 0.05) is 16.5 Å². The summed E-state index contributed by atoms with van der Waals surface area (Å²) >= 11 is 5.97. The maximum atomic E-state index is 13.7. The van der Waals surface area contributed by atoms with Crippen LogP contribution in [-0.4, -0.2) is 27.9 Å². The molecule has 0 aliphatic carbocycles. The molecular weight excluding hydrogens is 511 g/mol. The minimum atomic E-state index is -4.44. The highest BCUT2D eigenvalue weighted by Crippen LogP contribution is 2.31. The molecule has 4 rings (SSSR count). The number of rotatable bonds is 7. The van der Waals surface area contributed by atoms with Gasteiger partial charge in [0.15, 0.2) is 0 Å². The Balaban J connectivity index is 1.70. The summed E-state index contributed by atoms with van der Waals surface area (Å²) in [6, 6.07) is 13.8. The summed E-state index contributed by atoms with van der Waals surface area (Å²) in [6.45, 7) is 0. The van der Waals surface area contributed by atoms with Crippen LogP contribution in [0.4, 0.5) is 15.8 Å². The first-order chi connectivity index (χ1) is 16.0. The molecule has 34 heavy (non-hydrogen) atoms. The number of sulfonamides is 2. The van der Waals surface area contributed by atoms with Gasteiger partial charge in [-0.1, -0.05) is 29.8 Å². The van der Waals surface area contributed by atoms with Crippen LogP contribution in [-0.2, 0) is 20.0 Å². The summed E-state index contributed by atoms with van der Waals surface area (Å²) in [5, 5.41) is 9.28. The van der Waals surface area contributed by atoms with Crippen molar-refractivity contribution in [3.8, 4) is 0 Å². The van der Waals surface area contributed by atoms with Crippen molar-refractivity contribution < 1.29 is 35.5 Å². The summed E-state index contributed by atoms with van der Waals surface area (Å²) in [5.41, 5.74) is -0.951. The molecule has 0 radical (unpaired) electrons. The quantitative estimate of drug-likeness (QED) is 0.322. The number of hydrogen-bond acceptors (Lipinski definition) is 6. The lowest BCUT2D eigenvalue weighted by Crippen LogP contribution is -2.18. The molecule has 0 bridgehead atoms. The number of benzene rings is 3. The van der Waals surface area contributed by atoms with Crippen molar-refractivity contribution in [1.29, 1.82) is 0 Å². The molecule has 0 saturated carbocycles. The van der Waals surface area contributed by atoms with Gasteiger partial charge in [0.05, 0.1) is 21.8 Å². The van der Waals surface area contributed by atoms with Gasteiger partial charge in [-0.3, -0.25) is 9.44 Å². The topological polar surface area (TPSA) is 143 Å². The van der Waals surface area contributed by atoms with Crippen LogP contribution >= 0.6 is 11.6 Å². The van der Waals surface area contributed by atoms with Crippen LogP contribution in [0.15, 0.2) is 81.1 Å². The number of hydrogen-bond donors (Lipinski definition) is 3. The molecule has 13 heteroatoms. The minimum Gasteiger partial charge on any atom is -0.478 e. The number of carbonyl (C=O) groups is 1. The van der Waals surface area contributed by atoms with Gasteiger partial charge < -0.3 is 9.52 Å². The molecule has 0 aliphatic heterocycles. The molecule has 176 valence electrons. The molecule has 0 fully saturated rings. The zero-order valence-electron chi connectivity index (χ0n) is 16.8. The molecule has 0 saturated heterocycles. The van der Waals surface area contributed by atoms with Crippen molar-refractivity contribution in [1.82, 2.24) is 0 Å². The lowest BCUT2D eigenvalue weighted by Gasteiger charge is -2.14. The molecule has 1 aromatic heterocycles. The van der Waals surface area contributed by atoms with E-state index in [1.807, 2.05) is 0 Å². The average molecular weight is 525 g/mol. The van der Waals surface area contributed by atoms with Gasteiger partial charge in [0.25, 0.3) is 20.0 Å². The lowest BCUT2D eigenvalue weighted by atomic mass is 10.2. The van der Waals surface area contributed by atoms with E-state index in [1.54, 1.807) is 24.3 Å². The second-order valence-electron chi connectivity index (χ2n) is 6.95. The van der Waals surface area contributed by atoms with Crippen LogP contribution in [0, 0.1) is 5.82 Å². The average Bonchev–Trinajstić information content (AvgIpc) is 3.21. The van der Waals surface area contributed by atoms with Crippen molar-refractivity contribution in [2.45, 2.75) is 9.99 Å². The third-order valence-electron chi connectivity index (χ3n) is 4.62. The molecule has 9 nitrogen and oxygen atoms in total. The van der Waals surface area contributed by atoms with Crippen LogP contribution in [0.3, 0.4) is 0 Å². The van der Waals surface area contributed by atoms with E-state index in [9.17, 15) is 26.0 Å². The van der Waals surface area contributed by atoms with E-state index in [1.165, 1.54) is 24.3 Å². The molecule has 1 heterocycles. The van der Waals surface area contributed by atoms with E-state index in [-0.39, 0.29) is 16.4 Å². The third kappa shape index (κ3) is 4.69. The molecule has 0 spiro atoms. The second-order valence-corrected chi connectivity index (χ2v) is 10.7. The largest absolute Gasteiger partial charge is 0.478 e. The van der Waals surface area contributed by atoms with Gasteiger partial charge in [-0.15, -0.1) is 0 Å². The van der Waals surface area contributed by atoms with E-state index < -0.39 is 47.4 Å². The fourth-order valence-electron chi connectivity index (χ4n) is 3.01. The van der Waals surface area contributed by atoms with E-state index in [0.717, 1.165) is 6.07 Å². The van der Waals surface area contributed by atoms with Gasteiger partial charge in [-0.2, -0.15) is 8.42 Å². The first-order valence-electron chi connectivity index (χ1n) is 9.33. The molecule has 4 aromatic rings. The molecule has 0 aliphatic rings. The van der Waals surface area contributed by atoms with Crippen molar-refractivity contribution in [2.24, 2.45) is 0 Å². The highest BCUT2D eigenvalue weighted by molar-refractivity contribution is 7.93. The number of halogens is 2. The Kier molecular flexibility index (Phi) is 5.98. The summed E-state index contributed by atoms with van der Waals surface area (Å²) in [7, 11) is -8.74. The van der Waals surface area contributed by atoms with Gasteiger partial charge >= 0.3 is 5.97 Å². The van der Waals surface area contributed by atoms with Crippen LogP contribution in [0.1, 0.15) is 10.4 Å². The van der Waals surface area contributed by atoms with Crippen molar-refractivity contribution in [2.75, 3.05) is 9.44 Å². The fraction of sp³-hybridized carbons (Fsp3) is 0. The van der Waals surface area contributed by atoms with Gasteiger partial charge in [0.2, 0.25) is 5.09 Å². The number of furan rings is 1. The number of anilines is 2. The molecular formula is C21H14ClFN2O7S2.